The Morgan fingerprint density at radius 1 is 0.707 bits per heavy atom. The van der Waals surface area contributed by atoms with Gasteiger partial charge in [0.15, 0.2) is 0 Å². The van der Waals surface area contributed by atoms with E-state index in [9.17, 15) is 0 Å². The van der Waals surface area contributed by atoms with Crippen LogP contribution in [0.1, 0.15) is 84.8 Å². The number of hydrogen-bond acceptors (Lipinski definition) is 3. The van der Waals surface area contributed by atoms with Crippen molar-refractivity contribution < 1.29 is 0 Å². The molecular formula is C54H53N4-. The third-order valence-electron chi connectivity index (χ3n) is 13.8. The van der Waals surface area contributed by atoms with Crippen molar-refractivity contribution in [2.24, 2.45) is 17.8 Å². The number of anilines is 1. The summed E-state index contributed by atoms with van der Waals surface area (Å²) in [5.74, 6) is 1.33. The van der Waals surface area contributed by atoms with E-state index in [4.69, 9.17) is 5.32 Å². The largest absolute Gasteiger partial charge is 0.628 e. The summed E-state index contributed by atoms with van der Waals surface area (Å²) in [6, 6.07) is 31.1. The molecule has 7 unspecified atom stereocenters. The summed E-state index contributed by atoms with van der Waals surface area (Å²) in [4.78, 5) is 0. The summed E-state index contributed by atoms with van der Waals surface area (Å²) in [7, 11) is 0. The quantitative estimate of drug-likeness (QED) is 0.172. The maximum Gasteiger partial charge on any atom is 0.0812 e. The van der Waals surface area contributed by atoms with Gasteiger partial charge in [-0.1, -0.05) is 151 Å². The summed E-state index contributed by atoms with van der Waals surface area (Å²) in [5.41, 5.74) is 15.2. The van der Waals surface area contributed by atoms with Gasteiger partial charge in [-0.15, -0.1) is 0 Å². The molecule has 4 heteroatoms. The molecule has 1 fully saturated rings. The van der Waals surface area contributed by atoms with E-state index in [0.29, 0.717) is 23.7 Å². The van der Waals surface area contributed by atoms with Crippen molar-refractivity contribution in [3.8, 4) is 0 Å². The van der Waals surface area contributed by atoms with Crippen LogP contribution in [-0.4, -0.2) is 18.9 Å². The van der Waals surface area contributed by atoms with E-state index >= 15 is 0 Å². The molecule has 4 aromatic carbocycles. The Hall–Kier alpha value is -5.26. The fourth-order valence-corrected chi connectivity index (χ4v) is 10.8. The number of hydrogen-bond donors (Lipinski definition) is 3. The van der Waals surface area contributed by atoms with Crippen molar-refractivity contribution in [1.82, 2.24) is 10.6 Å². The van der Waals surface area contributed by atoms with Crippen LogP contribution < -0.4 is 16.0 Å². The predicted octanol–water partition coefficient (Wildman–Crippen LogP) is 12.4. The van der Waals surface area contributed by atoms with Crippen molar-refractivity contribution in [2.45, 2.75) is 75.8 Å². The zero-order valence-electron chi connectivity index (χ0n) is 33.3. The highest BCUT2D eigenvalue weighted by Crippen LogP contribution is 2.47. The second-order valence-electron chi connectivity index (χ2n) is 17.4. The number of rotatable bonds is 6. The van der Waals surface area contributed by atoms with E-state index in [1.807, 2.05) is 0 Å². The Balaban J connectivity index is 0.950. The minimum absolute atomic E-state index is 0.0285. The van der Waals surface area contributed by atoms with Crippen molar-refractivity contribution in [2.75, 3.05) is 11.9 Å². The van der Waals surface area contributed by atoms with Crippen LogP contribution in [0, 0.1) is 17.8 Å². The molecule has 1 saturated heterocycles. The van der Waals surface area contributed by atoms with E-state index in [1.165, 1.54) is 85.0 Å². The van der Waals surface area contributed by atoms with Crippen LogP contribution in [0.25, 0.3) is 28.2 Å². The minimum Gasteiger partial charge on any atom is -0.628 e. The molecule has 0 aromatic heterocycles. The van der Waals surface area contributed by atoms with Gasteiger partial charge >= 0.3 is 0 Å². The molecule has 3 N–H and O–H groups in total. The Bertz CT molecular complexity index is 2490. The molecule has 0 saturated carbocycles. The zero-order chi connectivity index (χ0) is 38.4. The first-order valence-corrected chi connectivity index (χ1v) is 21.9. The molecule has 0 radical (unpaired) electrons. The SMILES string of the molecule is C1=Cc2c(C3C=C(C4=CC5C=CC(C6=Cc7ccccc7NC6)=CC5C=C4)CC(C4[N-]C(C5=CCCCC5)NC(c5ccccc5)N4)C3)cc3ccccc3c2CC1. The zero-order valence-corrected chi connectivity index (χ0v) is 33.3. The highest BCUT2D eigenvalue weighted by molar-refractivity contribution is 5.91. The molecule has 0 amide bonds. The van der Waals surface area contributed by atoms with Crippen molar-refractivity contribution in [3.63, 3.8) is 0 Å². The summed E-state index contributed by atoms with van der Waals surface area (Å²) in [6.45, 7) is 0.859. The average Bonchev–Trinajstić information content (AvgIpc) is 3.31. The first-order chi connectivity index (χ1) is 28.7. The molecule has 2 aliphatic heterocycles. The molecule has 0 spiro atoms. The van der Waals surface area contributed by atoms with Crippen molar-refractivity contribution >= 4 is 28.6 Å². The third-order valence-corrected chi connectivity index (χ3v) is 13.8. The fraction of sp³-hybridized carbons (Fsp3) is 0.296. The topological polar surface area (TPSA) is 50.2 Å². The van der Waals surface area contributed by atoms with Crippen LogP contribution in [0.2, 0.25) is 0 Å². The van der Waals surface area contributed by atoms with E-state index in [2.05, 4.69) is 168 Å². The highest BCUT2D eigenvalue weighted by atomic mass is 15.4. The lowest BCUT2D eigenvalue weighted by atomic mass is 9.71. The van der Waals surface area contributed by atoms with Crippen molar-refractivity contribution in [3.05, 3.63) is 201 Å². The van der Waals surface area contributed by atoms with Gasteiger partial charge in [-0.2, -0.15) is 0 Å². The number of nitrogens with zero attached hydrogens (tertiary/aromatic N) is 1. The van der Waals surface area contributed by atoms with Crippen LogP contribution in [0.5, 0.6) is 0 Å². The van der Waals surface area contributed by atoms with Gasteiger partial charge in [0.2, 0.25) is 0 Å². The second kappa shape index (κ2) is 15.5. The third kappa shape index (κ3) is 6.91. The van der Waals surface area contributed by atoms with Crippen LogP contribution >= 0.6 is 0 Å². The Morgan fingerprint density at radius 3 is 2.38 bits per heavy atom. The van der Waals surface area contributed by atoms with Gasteiger partial charge < -0.3 is 21.3 Å². The number of allylic oxidation sites excluding steroid dienone is 11. The molecule has 2 heterocycles. The summed E-state index contributed by atoms with van der Waals surface area (Å²) < 4.78 is 0. The van der Waals surface area contributed by atoms with Gasteiger partial charge in [-0.3, -0.25) is 0 Å². The van der Waals surface area contributed by atoms with Gasteiger partial charge in [0.1, 0.15) is 0 Å². The van der Waals surface area contributed by atoms with E-state index < -0.39 is 0 Å². The first-order valence-electron chi connectivity index (χ1n) is 21.9. The van der Waals surface area contributed by atoms with Gasteiger partial charge in [-0.05, 0) is 136 Å². The summed E-state index contributed by atoms with van der Waals surface area (Å²) in [6.07, 6.45) is 36.3. The smallest absolute Gasteiger partial charge is 0.0812 e. The first kappa shape index (κ1) is 35.9. The average molecular weight is 758 g/mol. The number of fused-ring (bicyclic) bond motifs is 5. The second-order valence-corrected chi connectivity index (χ2v) is 17.4. The van der Waals surface area contributed by atoms with Gasteiger partial charge in [0, 0.05) is 30.0 Å². The lowest BCUT2D eigenvalue weighted by Crippen LogP contribution is -2.55. The number of nitrogens with one attached hydrogen (secondary N) is 3. The minimum atomic E-state index is 0.0285. The van der Waals surface area contributed by atoms with E-state index in [0.717, 1.165) is 45.1 Å². The molecule has 4 aromatic rings. The van der Waals surface area contributed by atoms with E-state index in [1.54, 1.807) is 0 Å². The van der Waals surface area contributed by atoms with E-state index in [-0.39, 0.29) is 18.5 Å². The summed E-state index contributed by atoms with van der Waals surface area (Å²) >= 11 is 0. The maximum atomic E-state index is 5.68. The molecule has 290 valence electrons. The van der Waals surface area contributed by atoms with Gasteiger partial charge in [0.25, 0.3) is 0 Å². The Labute approximate surface area is 344 Å². The fourth-order valence-electron chi connectivity index (χ4n) is 10.8. The van der Waals surface area contributed by atoms with Crippen LogP contribution in [0.4, 0.5) is 5.69 Å². The van der Waals surface area contributed by atoms with Crippen LogP contribution in [-0.2, 0) is 6.42 Å². The van der Waals surface area contributed by atoms with Gasteiger partial charge in [0.05, 0.1) is 6.17 Å². The molecular weight excluding hydrogens is 705 g/mol. The number of aryl methyl sites for hydroxylation is 1. The monoisotopic (exact) mass is 757 g/mol. The molecule has 4 nitrogen and oxygen atoms in total. The number of para-hydroxylation sites is 1. The molecule has 58 heavy (non-hydrogen) atoms. The summed E-state index contributed by atoms with van der Waals surface area (Å²) in [5, 5.41) is 20.1. The van der Waals surface area contributed by atoms with Crippen LogP contribution in [0.3, 0.4) is 0 Å². The lowest BCUT2D eigenvalue weighted by Gasteiger charge is -2.55. The molecule has 7 aliphatic rings. The number of benzene rings is 4. The Kier molecular flexibility index (Phi) is 9.58. The standard InChI is InChI=1S/C54H53N4/c1-3-13-35(14-4-1)52-56-53(36-15-5-2-6-16-36)58-54(57-52)45-31-43(30-44(32-45)50-33-41-17-7-9-19-47(41)48-20-10-11-21-49(48)50)39-25-23-38-28-40(26-24-37(38)27-39)46-29-42-18-8-12-22-51(42)55-34-46/h1,3-4,7-9,11-15,17-19,21-30,33,37-38,44-45,52-57H,2,5-6,10,16,20,31-32,34H2/q-1. The van der Waals surface area contributed by atoms with Crippen molar-refractivity contribution in [1.29, 1.82) is 0 Å². The molecule has 11 rings (SSSR count). The predicted molar refractivity (Wildman–Crippen MR) is 242 cm³/mol. The highest BCUT2D eigenvalue weighted by Gasteiger charge is 2.34. The lowest BCUT2D eigenvalue weighted by molar-refractivity contribution is 0.246. The van der Waals surface area contributed by atoms with Gasteiger partial charge in [-0.25, -0.2) is 0 Å². The molecule has 5 aliphatic carbocycles. The molecule has 0 bridgehead atoms. The molecule has 7 atom stereocenters. The maximum absolute atomic E-state index is 5.68. The normalized spacial score (nSPS) is 28.8. The Morgan fingerprint density at radius 2 is 1.52 bits per heavy atom. The van der Waals surface area contributed by atoms with Crippen LogP contribution in [0.15, 0.2) is 167 Å².